The van der Waals surface area contributed by atoms with Crippen LogP contribution in [0, 0.1) is 0 Å². The molecule has 12 heavy (non-hydrogen) atoms. The zero-order chi connectivity index (χ0) is 8.39. The SMILES string of the molecule is SOc1ccc2c(c1)CCCC2. The molecule has 0 radical (unpaired) electrons. The Hall–Kier alpha value is -0.630. The van der Waals surface area contributed by atoms with Gasteiger partial charge >= 0.3 is 0 Å². The van der Waals surface area contributed by atoms with Crippen LogP contribution in [0.15, 0.2) is 18.2 Å². The van der Waals surface area contributed by atoms with Crippen LogP contribution in [0.5, 0.6) is 5.75 Å². The third-order valence-corrected chi connectivity index (χ3v) is 2.64. The first-order chi connectivity index (χ1) is 5.90. The van der Waals surface area contributed by atoms with Gasteiger partial charge in [0, 0.05) is 12.9 Å². The quantitative estimate of drug-likeness (QED) is 0.516. The van der Waals surface area contributed by atoms with Crippen molar-refractivity contribution in [3.05, 3.63) is 29.3 Å². The molecule has 1 aromatic rings. The van der Waals surface area contributed by atoms with Crippen LogP contribution < -0.4 is 4.18 Å². The molecule has 0 fully saturated rings. The maximum absolute atomic E-state index is 4.87. The Morgan fingerprint density at radius 3 is 2.58 bits per heavy atom. The lowest BCUT2D eigenvalue weighted by Gasteiger charge is -2.15. The van der Waals surface area contributed by atoms with E-state index < -0.39 is 0 Å². The topological polar surface area (TPSA) is 9.23 Å². The van der Waals surface area contributed by atoms with Gasteiger partial charge in [0.05, 0.1) is 0 Å². The molecule has 0 bridgehead atoms. The minimum Gasteiger partial charge on any atom is -0.429 e. The van der Waals surface area contributed by atoms with Gasteiger partial charge in [-0.05, 0) is 48.9 Å². The van der Waals surface area contributed by atoms with Gasteiger partial charge in [0.25, 0.3) is 0 Å². The van der Waals surface area contributed by atoms with Crippen molar-refractivity contribution in [3.8, 4) is 5.75 Å². The van der Waals surface area contributed by atoms with E-state index in [1.54, 1.807) is 0 Å². The van der Waals surface area contributed by atoms with E-state index in [1.165, 1.54) is 36.8 Å². The van der Waals surface area contributed by atoms with E-state index in [0.717, 1.165) is 5.75 Å². The molecule has 1 nitrogen and oxygen atoms in total. The molecule has 1 aliphatic rings. The number of aryl methyl sites for hydroxylation is 2. The Morgan fingerprint density at radius 1 is 1.08 bits per heavy atom. The summed E-state index contributed by atoms with van der Waals surface area (Å²) in [6, 6.07) is 6.23. The highest BCUT2D eigenvalue weighted by molar-refractivity contribution is 7.75. The molecule has 0 saturated heterocycles. The van der Waals surface area contributed by atoms with Crippen molar-refractivity contribution in [2.45, 2.75) is 25.7 Å². The smallest absolute Gasteiger partial charge is 0.137 e. The van der Waals surface area contributed by atoms with E-state index in [4.69, 9.17) is 4.18 Å². The molecule has 1 aliphatic carbocycles. The second-order valence-corrected chi connectivity index (χ2v) is 3.41. The number of rotatable bonds is 1. The van der Waals surface area contributed by atoms with Crippen LogP contribution in [0.25, 0.3) is 0 Å². The summed E-state index contributed by atoms with van der Waals surface area (Å²) < 4.78 is 4.87. The predicted octanol–water partition coefficient (Wildman–Crippen LogP) is 2.79. The van der Waals surface area contributed by atoms with E-state index in [9.17, 15) is 0 Å². The average molecular weight is 180 g/mol. The summed E-state index contributed by atoms with van der Waals surface area (Å²) in [5, 5.41) is 0. The molecule has 0 heterocycles. The Labute approximate surface area is 78.4 Å². The Balaban J connectivity index is 2.36. The summed E-state index contributed by atoms with van der Waals surface area (Å²) in [6.07, 6.45) is 5.06. The van der Waals surface area contributed by atoms with Crippen molar-refractivity contribution in [2.75, 3.05) is 0 Å². The van der Waals surface area contributed by atoms with E-state index in [1.807, 2.05) is 6.07 Å². The molecular formula is C10H12OS. The molecule has 2 rings (SSSR count). The second-order valence-electron chi connectivity index (χ2n) is 3.23. The molecule has 0 spiro atoms. The molecule has 0 N–H and O–H groups in total. The Kier molecular flexibility index (Phi) is 2.26. The third-order valence-electron chi connectivity index (χ3n) is 2.43. The van der Waals surface area contributed by atoms with Gasteiger partial charge < -0.3 is 4.18 Å². The minimum absolute atomic E-state index is 0.860. The number of hydrogen-bond donors (Lipinski definition) is 1. The maximum Gasteiger partial charge on any atom is 0.137 e. The van der Waals surface area contributed by atoms with Gasteiger partial charge in [0.15, 0.2) is 0 Å². The van der Waals surface area contributed by atoms with Gasteiger partial charge in [-0.3, -0.25) is 0 Å². The molecule has 0 atom stereocenters. The molecule has 0 unspecified atom stereocenters. The fraction of sp³-hybridized carbons (Fsp3) is 0.400. The standard InChI is InChI=1S/C10H12OS/c12-11-10-6-5-8-3-1-2-4-9(8)7-10/h5-7,12H,1-4H2. The molecule has 2 heteroatoms. The first-order valence-corrected chi connectivity index (χ1v) is 4.70. The zero-order valence-electron chi connectivity index (χ0n) is 6.92. The first-order valence-electron chi connectivity index (χ1n) is 4.33. The van der Waals surface area contributed by atoms with E-state index in [2.05, 4.69) is 25.0 Å². The lowest BCUT2D eigenvalue weighted by Crippen LogP contribution is -2.01. The van der Waals surface area contributed by atoms with Crippen LogP contribution in [0.2, 0.25) is 0 Å². The van der Waals surface area contributed by atoms with Crippen LogP contribution in [0.1, 0.15) is 24.0 Å². The van der Waals surface area contributed by atoms with Crippen molar-refractivity contribution in [2.24, 2.45) is 0 Å². The predicted molar refractivity (Wildman–Crippen MR) is 52.7 cm³/mol. The molecular weight excluding hydrogens is 168 g/mol. The van der Waals surface area contributed by atoms with Crippen LogP contribution in [-0.4, -0.2) is 0 Å². The van der Waals surface area contributed by atoms with Crippen molar-refractivity contribution in [3.63, 3.8) is 0 Å². The molecule has 0 amide bonds. The summed E-state index contributed by atoms with van der Waals surface area (Å²) in [5.74, 6) is 0.860. The first kappa shape index (κ1) is 7.99. The fourth-order valence-corrected chi connectivity index (χ4v) is 1.88. The van der Waals surface area contributed by atoms with E-state index in [-0.39, 0.29) is 0 Å². The molecule has 0 saturated carbocycles. The summed E-state index contributed by atoms with van der Waals surface area (Å²) in [7, 11) is 0. The minimum atomic E-state index is 0.860. The molecule has 0 aromatic heterocycles. The Morgan fingerprint density at radius 2 is 1.83 bits per heavy atom. The van der Waals surface area contributed by atoms with Crippen molar-refractivity contribution >= 4 is 12.9 Å². The number of hydrogen-bond acceptors (Lipinski definition) is 2. The van der Waals surface area contributed by atoms with Crippen molar-refractivity contribution in [1.29, 1.82) is 0 Å². The lowest BCUT2D eigenvalue weighted by atomic mass is 9.92. The fourth-order valence-electron chi connectivity index (χ4n) is 1.77. The normalized spacial score (nSPS) is 15.4. The average Bonchev–Trinajstić information content (AvgIpc) is 2.17. The second kappa shape index (κ2) is 3.40. The van der Waals surface area contributed by atoms with Gasteiger partial charge in [0.1, 0.15) is 5.75 Å². The highest BCUT2D eigenvalue weighted by Gasteiger charge is 2.09. The maximum atomic E-state index is 4.87. The van der Waals surface area contributed by atoms with Crippen molar-refractivity contribution < 1.29 is 4.18 Å². The van der Waals surface area contributed by atoms with Crippen LogP contribution in [0.4, 0.5) is 0 Å². The van der Waals surface area contributed by atoms with E-state index >= 15 is 0 Å². The highest BCUT2D eigenvalue weighted by atomic mass is 32.1. The van der Waals surface area contributed by atoms with Gasteiger partial charge in [-0.15, -0.1) is 0 Å². The number of fused-ring (bicyclic) bond motifs is 1. The van der Waals surface area contributed by atoms with E-state index in [0.29, 0.717) is 0 Å². The Bertz CT molecular complexity index is 283. The van der Waals surface area contributed by atoms with Gasteiger partial charge in [-0.25, -0.2) is 0 Å². The number of benzene rings is 1. The third kappa shape index (κ3) is 1.44. The highest BCUT2D eigenvalue weighted by Crippen LogP contribution is 2.25. The molecule has 0 aliphatic heterocycles. The monoisotopic (exact) mass is 180 g/mol. The molecule has 1 aromatic carbocycles. The van der Waals surface area contributed by atoms with Crippen LogP contribution >= 0.6 is 12.9 Å². The van der Waals surface area contributed by atoms with Crippen molar-refractivity contribution in [1.82, 2.24) is 0 Å². The summed E-state index contributed by atoms with van der Waals surface area (Å²) in [6.45, 7) is 0. The summed E-state index contributed by atoms with van der Waals surface area (Å²) in [5.41, 5.74) is 2.92. The lowest BCUT2D eigenvalue weighted by molar-refractivity contribution is 0.643. The van der Waals surface area contributed by atoms with Gasteiger partial charge in [-0.1, -0.05) is 6.07 Å². The molecule has 64 valence electrons. The summed E-state index contributed by atoms with van der Waals surface area (Å²) >= 11 is 3.78. The van der Waals surface area contributed by atoms with Crippen LogP contribution in [-0.2, 0) is 12.8 Å². The largest absolute Gasteiger partial charge is 0.429 e. The zero-order valence-corrected chi connectivity index (χ0v) is 7.81. The summed E-state index contributed by atoms with van der Waals surface area (Å²) in [4.78, 5) is 0. The van der Waals surface area contributed by atoms with Crippen LogP contribution in [0.3, 0.4) is 0 Å². The van der Waals surface area contributed by atoms with Gasteiger partial charge in [-0.2, -0.15) is 0 Å². The number of thiol groups is 1. The van der Waals surface area contributed by atoms with Gasteiger partial charge in [0.2, 0.25) is 0 Å².